The first-order valence-corrected chi connectivity index (χ1v) is 5.74. The standard InChI is InChI=1S/C12H18N4O/c1-9(2)7-12(17)14-11-8-10(3)15-16(11)6-4-5-13/h8-9H,4,6-7H2,1-3H3,(H,14,17). The Morgan fingerprint density at radius 3 is 2.94 bits per heavy atom. The maximum Gasteiger partial charge on any atom is 0.225 e. The van der Waals surface area contributed by atoms with Crippen LogP contribution in [0.2, 0.25) is 0 Å². The lowest BCUT2D eigenvalue weighted by molar-refractivity contribution is -0.116. The van der Waals surface area contributed by atoms with Crippen LogP contribution in [-0.4, -0.2) is 15.7 Å². The second-order valence-electron chi connectivity index (χ2n) is 4.45. The second kappa shape index (κ2) is 6.04. The van der Waals surface area contributed by atoms with Crippen molar-refractivity contribution in [3.05, 3.63) is 11.8 Å². The molecule has 0 unspecified atom stereocenters. The van der Waals surface area contributed by atoms with E-state index in [-0.39, 0.29) is 5.91 Å². The third kappa shape index (κ3) is 4.27. The topological polar surface area (TPSA) is 70.7 Å². The highest BCUT2D eigenvalue weighted by molar-refractivity contribution is 5.90. The predicted octanol–water partition coefficient (Wildman–Crippen LogP) is 2.09. The van der Waals surface area contributed by atoms with E-state index in [1.807, 2.05) is 26.8 Å². The summed E-state index contributed by atoms with van der Waals surface area (Å²) in [5, 5.41) is 15.6. The van der Waals surface area contributed by atoms with Crippen LogP contribution in [0, 0.1) is 24.2 Å². The summed E-state index contributed by atoms with van der Waals surface area (Å²) >= 11 is 0. The average molecular weight is 234 g/mol. The molecule has 17 heavy (non-hydrogen) atoms. The zero-order valence-corrected chi connectivity index (χ0v) is 10.5. The number of aryl methyl sites for hydroxylation is 2. The molecule has 1 heterocycles. The Labute approximate surface area is 101 Å². The fourth-order valence-corrected chi connectivity index (χ4v) is 1.54. The summed E-state index contributed by atoms with van der Waals surface area (Å²) in [5.74, 6) is 0.980. The number of carbonyl (C=O) groups excluding carboxylic acids is 1. The Hall–Kier alpha value is -1.83. The molecule has 0 radical (unpaired) electrons. The molecular formula is C12H18N4O. The molecule has 1 N–H and O–H groups in total. The average Bonchev–Trinajstić information content (AvgIpc) is 2.54. The number of hydrogen-bond acceptors (Lipinski definition) is 3. The molecular weight excluding hydrogens is 216 g/mol. The van der Waals surface area contributed by atoms with Crippen molar-refractivity contribution in [1.82, 2.24) is 9.78 Å². The van der Waals surface area contributed by atoms with Crippen LogP contribution < -0.4 is 5.32 Å². The number of amides is 1. The number of carbonyl (C=O) groups is 1. The number of hydrogen-bond donors (Lipinski definition) is 1. The van der Waals surface area contributed by atoms with E-state index in [4.69, 9.17) is 5.26 Å². The van der Waals surface area contributed by atoms with E-state index < -0.39 is 0 Å². The van der Waals surface area contributed by atoms with Crippen molar-refractivity contribution in [3.8, 4) is 6.07 Å². The fraction of sp³-hybridized carbons (Fsp3) is 0.583. The summed E-state index contributed by atoms with van der Waals surface area (Å²) < 4.78 is 1.66. The molecule has 0 atom stereocenters. The maximum atomic E-state index is 11.6. The van der Waals surface area contributed by atoms with Crippen LogP contribution in [0.15, 0.2) is 6.07 Å². The highest BCUT2D eigenvalue weighted by atomic mass is 16.1. The summed E-state index contributed by atoms with van der Waals surface area (Å²) in [4.78, 5) is 11.6. The molecule has 92 valence electrons. The van der Waals surface area contributed by atoms with Gasteiger partial charge in [-0.25, -0.2) is 4.68 Å². The van der Waals surface area contributed by atoms with Gasteiger partial charge in [0.25, 0.3) is 0 Å². The van der Waals surface area contributed by atoms with E-state index in [0.717, 1.165) is 5.69 Å². The summed E-state index contributed by atoms with van der Waals surface area (Å²) in [6.07, 6.45) is 0.872. The molecule has 0 saturated carbocycles. The van der Waals surface area contributed by atoms with E-state index in [2.05, 4.69) is 16.5 Å². The van der Waals surface area contributed by atoms with Gasteiger partial charge < -0.3 is 5.32 Å². The Morgan fingerprint density at radius 2 is 2.35 bits per heavy atom. The quantitative estimate of drug-likeness (QED) is 0.848. The Balaban J connectivity index is 2.69. The van der Waals surface area contributed by atoms with E-state index in [1.165, 1.54) is 0 Å². The highest BCUT2D eigenvalue weighted by Crippen LogP contribution is 2.12. The van der Waals surface area contributed by atoms with Gasteiger partial charge in [0, 0.05) is 12.5 Å². The first kappa shape index (κ1) is 13.2. The monoisotopic (exact) mass is 234 g/mol. The van der Waals surface area contributed by atoms with Crippen LogP contribution in [0.1, 0.15) is 32.4 Å². The molecule has 1 aromatic rings. The minimum atomic E-state index is -0.0156. The molecule has 5 nitrogen and oxygen atoms in total. The second-order valence-corrected chi connectivity index (χ2v) is 4.45. The number of anilines is 1. The molecule has 0 aliphatic heterocycles. The van der Waals surface area contributed by atoms with Gasteiger partial charge >= 0.3 is 0 Å². The minimum Gasteiger partial charge on any atom is -0.311 e. The fourth-order valence-electron chi connectivity index (χ4n) is 1.54. The van der Waals surface area contributed by atoms with Gasteiger partial charge in [0.1, 0.15) is 5.82 Å². The van der Waals surface area contributed by atoms with Gasteiger partial charge in [-0.15, -0.1) is 0 Å². The molecule has 0 aromatic carbocycles. The summed E-state index contributed by atoms with van der Waals surface area (Å²) in [6, 6.07) is 3.88. The van der Waals surface area contributed by atoms with Crippen LogP contribution in [0.4, 0.5) is 5.82 Å². The number of rotatable bonds is 5. The Bertz CT molecular complexity index is 428. The van der Waals surface area contributed by atoms with Crippen LogP contribution in [0.5, 0.6) is 0 Å². The molecule has 0 saturated heterocycles. The van der Waals surface area contributed by atoms with E-state index >= 15 is 0 Å². The first-order chi connectivity index (χ1) is 8.02. The molecule has 1 amide bonds. The largest absolute Gasteiger partial charge is 0.311 e. The number of nitriles is 1. The number of nitrogens with zero attached hydrogens (tertiary/aromatic N) is 3. The first-order valence-electron chi connectivity index (χ1n) is 5.74. The lowest BCUT2D eigenvalue weighted by Gasteiger charge is -2.08. The van der Waals surface area contributed by atoms with Crippen molar-refractivity contribution < 1.29 is 4.79 Å². The third-order valence-corrected chi connectivity index (χ3v) is 2.20. The Kier molecular flexibility index (Phi) is 4.70. The zero-order valence-electron chi connectivity index (χ0n) is 10.5. The molecule has 1 rings (SSSR count). The molecule has 0 aliphatic rings. The van der Waals surface area contributed by atoms with Crippen molar-refractivity contribution in [3.63, 3.8) is 0 Å². The predicted molar refractivity (Wildman–Crippen MR) is 65.3 cm³/mol. The van der Waals surface area contributed by atoms with Crippen molar-refractivity contribution in [2.24, 2.45) is 5.92 Å². The van der Waals surface area contributed by atoms with Crippen molar-refractivity contribution in [1.29, 1.82) is 5.26 Å². The third-order valence-electron chi connectivity index (χ3n) is 2.20. The van der Waals surface area contributed by atoms with Crippen LogP contribution in [0.3, 0.4) is 0 Å². The zero-order chi connectivity index (χ0) is 12.8. The highest BCUT2D eigenvalue weighted by Gasteiger charge is 2.10. The smallest absolute Gasteiger partial charge is 0.225 e. The van der Waals surface area contributed by atoms with Gasteiger partial charge in [-0.05, 0) is 12.8 Å². The lowest BCUT2D eigenvalue weighted by Crippen LogP contribution is -2.17. The maximum absolute atomic E-state index is 11.6. The van der Waals surface area contributed by atoms with Gasteiger partial charge in [0.15, 0.2) is 0 Å². The molecule has 5 heteroatoms. The molecule has 0 bridgehead atoms. The van der Waals surface area contributed by atoms with Crippen LogP contribution in [0.25, 0.3) is 0 Å². The number of aromatic nitrogens is 2. The van der Waals surface area contributed by atoms with Gasteiger partial charge in [0.2, 0.25) is 5.91 Å². The summed E-state index contributed by atoms with van der Waals surface area (Å²) in [6.45, 7) is 6.36. The molecule has 0 fully saturated rings. The SMILES string of the molecule is Cc1cc(NC(=O)CC(C)C)n(CCC#N)n1. The molecule has 1 aromatic heterocycles. The normalized spacial score (nSPS) is 10.3. The van der Waals surface area contributed by atoms with Crippen molar-refractivity contribution in [2.75, 3.05) is 5.32 Å². The van der Waals surface area contributed by atoms with E-state index in [9.17, 15) is 4.79 Å². The van der Waals surface area contributed by atoms with Gasteiger partial charge in [-0.1, -0.05) is 13.8 Å². The number of nitrogens with one attached hydrogen (secondary N) is 1. The van der Waals surface area contributed by atoms with Gasteiger partial charge in [0.05, 0.1) is 24.7 Å². The van der Waals surface area contributed by atoms with Gasteiger partial charge in [-0.3, -0.25) is 4.79 Å². The van der Waals surface area contributed by atoms with Gasteiger partial charge in [-0.2, -0.15) is 10.4 Å². The summed E-state index contributed by atoms with van der Waals surface area (Å²) in [5.41, 5.74) is 0.836. The van der Waals surface area contributed by atoms with Crippen LogP contribution in [-0.2, 0) is 11.3 Å². The Morgan fingerprint density at radius 1 is 1.65 bits per heavy atom. The van der Waals surface area contributed by atoms with Crippen molar-refractivity contribution >= 4 is 11.7 Å². The molecule has 0 aliphatic carbocycles. The lowest BCUT2D eigenvalue weighted by atomic mass is 10.1. The van der Waals surface area contributed by atoms with E-state index in [1.54, 1.807) is 4.68 Å². The van der Waals surface area contributed by atoms with E-state index in [0.29, 0.717) is 31.1 Å². The minimum absolute atomic E-state index is 0.0156. The van der Waals surface area contributed by atoms with Crippen molar-refractivity contribution in [2.45, 2.75) is 40.2 Å². The van der Waals surface area contributed by atoms with Crippen LogP contribution >= 0.6 is 0 Å². The molecule has 0 spiro atoms. The summed E-state index contributed by atoms with van der Waals surface area (Å²) in [7, 11) is 0.